The van der Waals surface area contributed by atoms with Crippen molar-refractivity contribution in [1.29, 1.82) is 0 Å². The molecule has 0 aromatic rings. The molecule has 14 heavy (non-hydrogen) atoms. The van der Waals surface area contributed by atoms with Crippen LogP contribution in [0, 0.1) is 11.8 Å². The molecule has 0 heterocycles. The molecule has 0 aromatic heterocycles. The molecule has 2 rings (SSSR count). The molecule has 0 aromatic carbocycles. The van der Waals surface area contributed by atoms with Crippen molar-refractivity contribution in [1.82, 2.24) is 0 Å². The highest BCUT2D eigenvalue weighted by Gasteiger charge is 2.27. The molecule has 0 spiro atoms. The predicted molar refractivity (Wildman–Crippen MR) is 59.1 cm³/mol. The Hall–Kier alpha value is -0.300. The predicted octanol–water partition coefficient (Wildman–Crippen LogP) is 3.28. The molecule has 2 aliphatic rings. The van der Waals surface area contributed by atoms with Gasteiger partial charge in [0.25, 0.3) is 0 Å². The third kappa shape index (κ3) is 2.38. The molecular formula is C13H22O. The molecule has 0 aliphatic heterocycles. The topological polar surface area (TPSA) is 20.2 Å². The maximum absolute atomic E-state index is 10.2. The van der Waals surface area contributed by atoms with Gasteiger partial charge >= 0.3 is 0 Å². The van der Waals surface area contributed by atoms with E-state index in [1.54, 1.807) is 0 Å². The lowest BCUT2D eigenvalue weighted by Crippen LogP contribution is -2.30. The molecule has 1 heteroatoms. The molecule has 1 N–H and O–H groups in total. The quantitative estimate of drug-likeness (QED) is 0.669. The molecule has 0 saturated heterocycles. The largest absolute Gasteiger partial charge is 0.392 e. The van der Waals surface area contributed by atoms with Gasteiger partial charge in [-0.05, 0) is 38.0 Å². The SMILES string of the molecule is O[C@H](C1C=CCCC1)C1CCCCC1. The van der Waals surface area contributed by atoms with Crippen LogP contribution in [0.2, 0.25) is 0 Å². The molecule has 1 nitrogen and oxygen atoms in total. The van der Waals surface area contributed by atoms with Crippen LogP contribution < -0.4 is 0 Å². The summed E-state index contributed by atoms with van der Waals surface area (Å²) in [5.41, 5.74) is 0. The van der Waals surface area contributed by atoms with Crippen LogP contribution in [0.5, 0.6) is 0 Å². The zero-order valence-corrected chi connectivity index (χ0v) is 8.99. The lowest BCUT2D eigenvalue weighted by atomic mass is 9.78. The molecule has 1 saturated carbocycles. The summed E-state index contributed by atoms with van der Waals surface area (Å²) in [6, 6.07) is 0. The van der Waals surface area contributed by atoms with Gasteiger partial charge in [0.05, 0.1) is 6.10 Å². The third-order valence-electron chi connectivity index (χ3n) is 3.86. The van der Waals surface area contributed by atoms with Crippen molar-refractivity contribution in [3.63, 3.8) is 0 Å². The van der Waals surface area contributed by atoms with Gasteiger partial charge in [0.1, 0.15) is 0 Å². The Morgan fingerprint density at radius 3 is 2.43 bits per heavy atom. The van der Waals surface area contributed by atoms with Gasteiger partial charge in [-0.15, -0.1) is 0 Å². The summed E-state index contributed by atoms with van der Waals surface area (Å²) < 4.78 is 0. The minimum Gasteiger partial charge on any atom is -0.392 e. The van der Waals surface area contributed by atoms with Crippen molar-refractivity contribution in [3.05, 3.63) is 12.2 Å². The van der Waals surface area contributed by atoms with Crippen molar-refractivity contribution in [2.45, 2.75) is 57.5 Å². The molecule has 0 radical (unpaired) electrons. The molecular weight excluding hydrogens is 172 g/mol. The van der Waals surface area contributed by atoms with E-state index < -0.39 is 0 Å². The van der Waals surface area contributed by atoms with Crippen LogP contribution in [0.1, 0.15) is 51.4 Å². The number of allylic oxidation sites excluding steroid dienone is 1. The molecule has 1 unspecified atom stereocenters. The summed E-state index contributed by atoms with van der Waals surface area (Å²) >= 11 is 0. The van der Waals surface area contributed by atoms with Crippen LogP contribution >= 0.6 is 0 Å². The third-order valence-corrected chi connectivity index (χ3v) is 3.86. The van der Waals surface area contributed by atoms with Crippen molar-refractivity contribution in [3.8, 4) is 0 Å². The average molecular weight is 194 g/mol. The van der Waals surface area contributed by atoms with E-state index in [1.165, 1.54) is 51.4 Å². The van der Waals surface area contributed by atoms with E-state index in [1.807, 2.05) is 0 Å². The molecule has 80 valence electrons. The maximum Gasteiger partial charge on any atom is 0.0630 e. The first kappa shape index (κ1) is 10.2. The number of hydrogen-bond acceptors (Lipinski definition) is 1. The van der Waals surface area contributed by atoms with E-state index in [0.717, 1.165) is 0 Å². The fraction of sp³-hybridized carbons (Fsp3) is 0.846. The van der Waals surface area contributed by atoms with Crippen LogP contribution in [0.15, 0.2) is 12.2 Å². The number of aliphatic hydroxyl groups excluding tert-OH is 1. The Morgan fingerprint density at radius 1 is 1.00 bits per heavy atom. The van der Waals surface area contributed by atoms with Gasteiger partial charge in [0.2, 0.25) is 0 Å². The zero-order chi connectivity index (χ0) is 9.80. The second-order valence-electron chi connectivity index (χ2n) is 4.91. The minimum absolute atomic E-state index is 0.0492. The Balaban J connectivity index is 1.88. The monoisotopic (exact) mass is 194 g/mol. The Labute approximate surface area is 87.2 Å². The molecule has 0 amide bonds. The van der Waals surface area contributed by atoms with Crippen LogP contribution in [0.3, 0.4) is 0 Å². The number of rotatable bonds is 2. The summed E-state index contributed by atoms with van der Waals surface area (Å²) in [5, 5.41) is 10.2. The second-order valence-corrected chi connectivity index (χ2v) is 4.91. The maximum atomic E-state index is 10.2. The van der Waals surface area contributed by atoms with Gasteiger partial charge in [0.15, 0.2) is 0 Å². The fourth-order valence-corrected chi connectivity index (χ4v) is 2.95. The molecule has 2 atom stereocenters. The minimum atomic E-state index is -0.0492. The summed E-state index contributed by atoms with van der Waals surface area (Å²) in [7, 11) is 0. The zero-order valence-electron chi connectivity index (χ0n) is 8.99. The molecule has 2 aliphatic carbocycles. The van der Waals surface area contributed by atoms with Crippen LogP contribution in [-0.2, 0) is 0 Å². The lowest BCUT2D eigenvalue weighted by Gasteiger charge is -2.32. The summed E-state index contributed by atoms with van der Waals surface area (Å²) in [6.45, 7) is 0. The van der Waals surface area contributed by atoms with Crippen LogP contribution in [0.25, 0.3) is 0 Å². The van der Waals surface area contributed by atoms with Crippen molar-refractivity contribution >= 4 is 0 Å². The van der Waals surface area contributed by atoms with Crippen LogP contribution in [0.4, 0.5) is 0 Å². The lowest BCUT2D eigenvalue weighted by molar-refractivity contribution is 0.0450. The Bertz CT molecular complexity index is 191. The highest BCUT2D eigenvalue weighted by molar-refractivity contribution is 4.97. The number of aliphatic hydroxyl groups is 1. The van der Waals surface area contributed by atoms with Gasteiger partial charge in [0, 0.05) is 5.92 Å². The van der Waals surface area contributed by atoms with E-state index in [0.29, 0.717) is 11.8 Å². The van der Waals surface area contributed by atoms with E-state index >= 15 is 0 Å². The Kier molecular flexibility index (Phi) is 3.63. The highest BCUT2D eigenvalue weighted by atomic mass is 16.3. The van der Waals surface area contributed by atoms with Crippen molar-refractivity contribution in [2.75, 3.05) is 0 Å². The fourth-order valence-electron chi connectivity index (χ4n) is 2.95. The second kappa shape index (κ2) is 4.97. The summed E-state index contributed by atoms with van der Waals surface area (Å²) in [4.78, 5) is 0. The van der Waals surface area contributed by atoms with Gasteiger partial charge in [-0.25, -0.2) is 0 Å². The van der Waals surface area contributed by atoms with E-state index in [9.17, 15) is 5.11 Å². The van der Waals surface area contributed by atoms with Crippen molar-refractivity contribution < 1.29 is 5.11 Å². The summed E-state index contributed by atoms with van der Waals surface area (Å²) in [6.07, 6.45) is 14.7. The Morgan fingerprint density at radius 2 is 1.79 bits per heavy atom. The van der Waals surface area contributed by atoms with E-state index in [-0.39, 0.29) is 6.10 Å². The van der Waals surface area contributed by atoms with Gasteiger partial charge in [-0.3, -0.25) is 0 Å². The molecule has 0 bridgehead atoms. The van der Waals surface area contributed by atoms with Gasteiger partial charge < -0.3 is 5.11 Å². The van der Waals surface area contributed by atoms with E-state index in [2.05, 4.69) is 12.2 Å². The summed E-state index contributed by atoms with van der Waals surface area (Å²) in [5.74, 6) is 1.06. The van der Waals surface area contributed by atoms with Crippen LogP contribution in [-0.4, -0.2) is 11.2 Å². The average Bonchev–Trinajstić information content (AvgIpc) is 2.30. The first-order chi connectivity index (χ1) is 6.88. The normalized spacial score (nSPS) is 31.6. The van der Waals surface area contributed by atoms with Gasteiger partial charge in [-0.2, -0.15) is 0 Å². The molecule has 1 fully saturated rings. The highest BCUT2D eigenvalue weighted by Crippen LogP contribution is 2.32. The smallest absolute Gasteiger partial charge is 0.0630 e. The van der Waals surface area contributed by atoms with Gasteiger partial charge in [-0.1, -0.05) is 31.4 Å². The van der Waals surface area contributed by atoms with Crippen molar-refractivity contribution in [2.24, 2.45) is 11.8 Å². The standard InChI is InChI=1S/C13H22O/c14-13(11-7-3-1-4-8-11)12-9-5-2-6-10-12/h3,7,11-14H,1-2,4-6,8-10H2/t11?,13-/m1/s1. The number of hydrogen-bond donors (Lipinski definition) is 1. The van der Waals surface area contributed by atoms with E-state index in [4.69, 9.17) is 0 Å². The first-order valence-corrected chi connectivity index (χ1v) is 6.22. The first-order valence-electron chi connectivity index (χ1n) is 6.22.